The van der Waals surface area contributed by atoms with Crippen LogP contribution in [0.5, 0.6) is 5.75 Å². The molecule has 134 valence electrons. The fourth-order valence-corrected chi connectivity index (χ4v) is 3.05. The Hall–Kier alpha value is -2.57. The molecule has 1 saturated heterocycles. The number of anilines is 1. The normalized spacial score (nSPS) is 17.6. The van der Waals surface area contributed by atoms with Crippen LogP contribution in [0.1, 0.15) is 38.3 Å². The van der Waals surface area contributed by atoms with Crippen LogP contribution in [0, 0.1) is 5.82 Å². The number of amides is 2. The summed E-state index contributed by atoms with van der Waals surface area (Å²) >= 11 is 0. The standard InChI is InChI=1S/C18H23FN4O2/c1-12(2)25-14-5-6-17(15(19)10-14)21-18(24)23-9-3-4-13(11-23)16-7-8-20-22-16/h5-8,10,12-13H,3-4,9,11H2,1-2H3,(H,20,22)(H,21,24)/t13-/m0/s1. The van der Waals surface area contributed by atoms with Crippen LogP contribution in [0.2, 0.25) is 0 Å². The fourth-order valence-electron chi connectivity index (χ4n) is 3.05. The predicted octanol–water partition coefficient (Wildman–Crippen LogP) is 3.75. The van der Waals surface area contributed by atoms with Gasteiger partial charge in [0.25, 0.3) is 0 Å². The number of carbonyl (C=O) groups is 1. The second-order valence-electron chi connectivity index (χ2n) is 6.54. The molecule has 7 heteroatoms. The number of ether oxygens (including phenoxy) is 1. The molecule has 2 N–H and O–H groups in total. The summed E-state index contributed by atoms with van der Waals surface area (Å²) < 4.78 is 19.7. The van der Waals surface area contributed by atoms with Crippen LogP contribution in [0.15, 0.2) is 30.5 Å². The van der Waals surface area contributed by atoms with Crippen LogP contribution in [-0.2, 0) is 0 Å². The fraction of sp³-hybridized carbons (Fsp3) is 0.444. The number of aromatic amines is 1. The topological polar surface area (TPSA) is 70.2 Å². The quantitative estimate of drug-likeness (QED) is 0.886. The first kappa shape index (κ1) is 17.3. The number of hydrogen-bond acceptors (Lipinski definition) is 3. The van der Waals surface area contributed by atoms with Gasteiger partial charge in [0.1, 0.15) is 11.6 Å². The molecule has 0 bridgehead atoms. The van der Waals surface area contributed by atoms with E-state index in [1.54, 1.807) is 17.2 Å². The number of carbonyl (C=O) groups excluding carboxylic acids is 1. The van der Waals surface area contributed by atoms with Crippen molar-refractivity contribution in [2.24, 2.45) is 0 Å². The molecule has 1 aromatic heterocycles. The van der Waals surface area contributed by atoms with E-state index in [-0.39, 0.29) is 23.7 Å². The number of urea groups is 1. The molecule has 0 unspecified atom stereocenters. The molecular weight excluding hydrogens is 323 g/mol. The average molecular weight is 346 g/mol. The summed E-state index contributed by atoms with van der Waals surface area (Å²) in [4.78, 5) is 14.2. The summed E-state index contributed by atoms with van der Waals surface area (Å²) in [5.74, 6) is 0.171. The third-order valence-corrected chi connectivity index (χ3v) is 4.22. The van der Waals surface area contributed by atoms with E-state index in [9.17, 15) is 9.18 Å². The minimum atomic E-state index is -0.506. The highest BCUT2D eigenvalue weighted by atomic mass is 19.1. The summed E-state index contributed by atoms with van der Waals surface area (Å²) in [6, 6.07) is 6.11. The van der Waals surface area contributed by atoms with E-state index < -0.39 is 5.82 Å². The number of hydrogen-bond donors (Lipinski definition) is 2. The van der Waals surface area contributed by atoms with Crippen molar-refractivity contribution in [3.63, 3.8) is 0 Å². The minimum absolute atomic E-state index is 0.0346. The highest BCUT2D eigenvalue weighted by molar-refractivity contribution is 5.89. The first-order valence-corrected chi connectivity index (χ1v) is 8.54. The zero-order valence-electron chi connectivity index (χ0n) is 14.5. The zero-order chi connectivity index (χ0) is 17.8. The van der Waals surface area contributed by atoms with Gasteiger partial charge in [-0.25, -0.2) is 9.18 Å². The van der Waals surface area contributed by atoms with Gasteiger partial charge in [-0.05, 0) is 44.9 Å². The van der Waals surface area contributed by atoms with Crippen molar-refractivity contribution in [1.29, 1.82) is 0 Å². The monoisotopic (exact) mass is 346 g/mol. The third-order valence-electron chi connectivity index (χ3n) is 4.22. The molecule has 6 nitrogen and oxygen atoms in total. The van der Waals surface area contributed by atoms with Crippen molar-refractivity contribution in [3.8, 4) is 5.75 Å². The van der Waals surface area contributed by atoms with Gasteiger partial charge in [0.05, 0.1) is 11.8 Å². The van der Waals surface area contributed by atoms with Crippen LogP contribution < -0.4 is 10.1 Å². The average Bonchev–Trinajstić information content (AvgIpc) is 3.11. The van der Waals surface area contributed by atoms with Gasteiger partial charge in [0, 0.05) is 37.0 Å². The molecule has 0 aliphatic carbocycles. The van der Waals surface area contributed by atoms with Crippen molar-refractivity contribution >= 4 is 11.7 Å². The number of rotatable bonds is 4. The van der Waals surface area contributed by atoms with Gasteiger partial charge < -0.3 is 15.0 Å². The molecule has 3 rings (SSSR count). The molecule has 2 aromatic rings. The lowest BCUT2D eigenvalue weighted by Gasteiger charge is -2.32. The van der Waals surface area contributed by atoms with Gasteiger partial charge in [-0.2, -0.15) is 5.10 Å². The van der Waals surface area contributed by atoms with Crippen LogP contribution in [-0.4, -0.2) is 40.3 Å². The van der Waals surface area contributed by atoms with E-state index >= 15 is 0 Å². The molecule has 1 atom stereocenters. The molecule has 0 spiro atoms. The Balaban J connectivity index is 1.63. The largest absolute Gasteiger partial charge is 0.491 e. The first-order valence-electron chi connectivity index (χ1n) is 8.54. The van der Waals surface area contributed by atoms with E-state index in [2.05, 4.69) is 15.5 Å². The van der Waals surface area contributed by atoms with Crippen molar-refractivity contribution < 1.29 is 13.9 Å². The Kier molecular flexibility index (Phi) is 5.21. The zero-order valence-corrected chi connectivity index (χ0v) is 14.5. The predicted molar refractivity (Wildman–Crippen MR) is 93.3 cm³/mol. The molecule has 1 aliphatic heterocycles. The third kappa shape index (κ3) is 4.29. The van der Waals surface area contributed by atoms with Gasteiger partial charge >= 0.3 is 6.03 Å². The minimum Gasteiger partial charge on any atom is -0.491 e. The number of nitrogens with zero attached hydrogens (tertiary/aromatic N) is 2. The SMILES string of the molecule is CC(C)Oc1ccc(NC(=O)N2CCC[C@H](c3ccn[nH]3)C2)c(F)c1. The van der Waals surface area contributed by atoms with Crippen LogP contribution in [0.3, 0.4) is 0 Å². The number of aromatic nitrogens is 2. The molecule has 0 saturated carbocycles. The van der Waals surface area contributed by atoms with E-state index in [0.717, 1.165) is 18.5 Å². The number of likely N-dealkylation sites (tertiary alicyclic amines) is 1. The molecule has 1 fully saturated rings. The summed E-state index contributed by atoms with van der Waals surface area (Å²) in [5, 5.41) is 9.59. The van der Waals surface area contributed by atoms with E-state index in [0.29, 0.717) is 18.8 Å². The lowest BCUT2D eigenvalue weighted by atomic mass is 9.95. The maximum Gasteiger partial charge on any atom is 0.321 e. The molecule has 2 amide bonds. The Morgan fingerprint density at radius 2 is 2.28 bits per heavy atom. The Bertz CT molecular complexity index is 718. The number of benzene rings is 1. The van der Waals surface area contributed by atoms with Crippen molar-refractivity contribution in [3.05, 3.63) is 42.0 Å². The highest BCUT2D eigenvalue weighted by Gasteiger charge is 2.26. The summed E-state index contributed by atoms with van der Waals surface area (Å²) in [7, 11) is 0. The Morgan fingerprint density at radius 3 is 2.96 bits per heavy atom. The number of H-pyrrole nitrogens is 1. The number of nitrogens with one attached hydrogen (secondary N) is 2. The molecule has 1 aliphatic rings. The summed E-state index contributed by atoms with van der Waals surface area (Å²) in [5.41, 5.74) is 1.18. The van der Waals surface area contributed by atoms with Crippen molar-refractivity contribution in [1.82, 2.24) is 15.1 Å². The van der Waals surface area contributed by atoms with Crippen molar-refractivity contribution in [2.75, 3.05) is 18.4 Å². The van der Waals surface area contributed by atoms with Gasteiger partial charge in [0.15, 0.2) is 0 Å². The maximum atomic E-state index is 14.2. The summed E-state index contributed by atoms with van der Waals surface area (Å²) in [6.45, 7) is 5.00. The number of halogens is 1. The van der Waals surface area contributed by atoms with Gasteiger partial charge in [0.2, 0.25) is 0 Å². The molecule has 25 heavy (non-hydrogen) atoms. The lowest BCUT2D eigenvalue weighted by Crippen LogP contribution is -2.41. The highest BCUT2D eigenvalue weighted by Crippen LogP contribution is 2.26. The molecular formula is C18H23FN4O2. The second kappa shape index (κ2) is 7.55. The van der Waals surface area contributed by atoms with Gasteiger partial charge in [-0.15, -0.1) is 0 Å². The van der Waals surface area contributed by atoms with E-state index in [1.807, 2.05) is 19.9 Å². The number of piperidine rings is 1. The smallest absolute Gasteiger partial charge is 0.321 e. The lowest BCUT2D eigenvalue weighted by molar-refractivity contribution is 0.192. The second-order valence-corrected chi connectivity index (χ2v) is 6.54. The molecule has 2 heterocycles. The van der Waals surface area contributed by atoms with Crippen LogP contribution in [0.25, 0.3) is 0 Å². The summed E-state index contributed by atoms with van der Waals surface area (Å²) in [6.07, 6.45) is 3.58. The van der Waals surface area contributed by atoms with E-state index in [4.69, 9.17) is 4.74 Å². The maximum absolute atomic E-state index is 14.2. The van der Waals surface area contributed by atoms with Gasteiger partial charge in [-0.3, -0.25) is 5.10 Å². The van der Waals surface area contributed by atoms with Crippen LogP contribution in [0.4, 0.5) is 14.9 Å². The van der Waals surface area contributed by atoms with Gasteiger partial charge in [-0.1, -0.05) is 0 Å². The first-order chi connectivity index (χ1) is 12.0. The molecule has 0 radical (unpaired) electrons. The van der Waals surface area contributed by atoms with E-state index in [1.165, 1.54) is 12.1 Å². The Labute approximate surface area is 146 Å². The van der Waals surface area contributed by atoms with Crippen molar-refractivity contribution in [2.45, 2.75) is 38.7 Å². The Morgan fingerprint density at radius 1 is 1.44 bits per heavy atom. The van der Waals surface area contributed by atoms with Crippen LogP contribution >= 0.6 is 0 Å². The molecule has 1 aromatic carbocycles.